The Bertz CT molecular complexity index is 1160. The molecular formula is C24H26N2O5. The summed E-state index contributed by atoms with van der Waals surface area (Å²) in [6, 6.07) is 8.88. The summed E-state index contributed by atoms with van der Waals surface area (Å²) < 4.78 is 6.05. The molecule has 3 N–H and O–H groups in total. The van der Waals surface area contributed by atoms with Gasteiger partial charge in [-0.05, 0) is 43.0 Å². The molecule has 7 nitrogen and oxygen atoms in total. The maximum absolute atomic E-state index is 12.8. The SMILES string of the molecule is O=c1cc(-c2ccc(O)cc2)oc2c(CN3CCN(CC4CC4)CC3)c(O)cc(O)c12. The highest BCUT2D eigenvalue weighted by molar-refractivity contribution is 5.89. The Morgan fingerprint density at radius 2 is 1.58 bits per heavy atom. The summed E-state index contributed by atoms with van der Waals surface area (Å²) in [6.07, 6.45) is 2.69. The van der Waals surface area contributed by atoms with Crippen LogP contribution in [-0.4, -0.2) is 57.8 Å². The maximum atomic E-state index is 12.8. The Kier molecular flexibility index (Phi) is 5.08. The first-order valence-corrected chi connectivity index (χ1v) is 10.7. The molecule has 2 aliphatic rings. The fraction of sp³-hybridized carbons (Fsp3) is 0.375. The fourth-order valence-corrected chi connectivity index (χ4v) is 4.29. The minimum Gasteiger partial charge on any atom is -0.508 e. The second-order valence-corrected chi connectivity index (χ2v) is 8.64. The van der Waals surface area contributed by atoms with Crippen molar-refractivity contribution in [3.8, 4) is 28.6 Å². The lowest BCUT2D eigenvalue weighted by Crippen LogP contribution is -2.46. The Morgan fingerprint density at radius 3 is 2.26 bits per heavy atom. The molecule has 31 heavy (non-hydrogen) atoms. The molecule has 0 amide bonds. The molecule has 2 aromatic carbocycles. The molecule has 3 aromatic rings. The normalized spacial score (nSPS) is 17.9. The van der Waals surface area contributed by atoms with E-state index in [1.165, 1.54) is 43.7 Å². The fourth-order valence-electron chi connectivity index (χ4n) is 4.29. The number of benzene rings is 2. The van der Waals surface area contributed by atoms with E-state index in [0.29, 0.717) is 23.4 Å². The van der Waals surface area contributed by atoms with Gasteiger partial charge in [-0.1, -0.05) is 0 Å². The van der Waals surface area contributed by atoms with E-state index in [-0.39, 0.29) is 33.6 Å². The van der Waals surface area contributed by atoms with Crippen molar-refractivity contribution in [3.63, 3.8) is 0 Å². The third-order valence-electron chi connectivity index (χ3n) is 6.27. The Morgan fingerprint density at radius 1 is 0.903 bits per heavy atom. The highest BCUT2D eigenvalue weighted by Gasteiger charge is 2.27. The van der Waals surface area contributed by atoms with Crippen LogP contribution in [0.15, 0.2) is 45.6 Å². The van der Waals surface area contributed by atoms with E-state index in [1.54, 1.807) is 12.1 Å². The van der Waals surface area contributed by atoms with Gasteiger partial charge in [-0.2, -0.15) is 0 Å². The Balaban J connectivity index is 1.48. The van der Waals surface area contributed by atoms with Crippen LogP contribution in [0.25, 0.3) is 22.3 Å². The van der Waals surface area contributed by atoms with Gasteiger partial charge in [0.25, 0.3) is 0 Å². The van der Waals surface area contributed by atoms with Crippen LogP contribution in [0, 0.1) is 5.92 Å². The third-order valence-corrected chi connectivity index (χ3v) is 6.27. The molecule has 0 spiro atoms. The van der Waals surface area contributed by atoms with Crippen molar-refractivity contribution >= 4 is 11.0 Å². The van der Waals surface area contributed by atoms with Gasteiger partial charge in [0.05, 0.1) is 5.56 Å². The van der Waals surface area contributed by atoms with Gasteiger partial charge in [-0.15, -0.1) is 0 Å². The number of aromatic hydroxyl groups is 3. The number of rotatable bonds is 5. The average molecular weight is 422 g/mol. The molecule has 0 bridgehead atoms. The van der Waals surface area contributed by atoms with E-state index >= 15 is 0 Å². The van der Waals surface area contributed by atoms with Crippen LogP contribution in [0.1, 0.15) is 18.4 Å². The van der Waals surface area contributed by atoms with E-state index in [4.69, 9.17) is 4.42 Å². The zero-order chi connectivity index (χ0) is 21.5. The lowest BCUT2D eigenvalue weighted by Gasteiger charge is -2.34. The van der Waals surface area contributed by atoms with Gasteiger partial charge >= 0.3 is 0 Å². The molecule has 1 aliphatic carbocycles. The predicted molar refractivity (Wildman–Crippen MR) is 117 cm³/mol. The highest BCUT2D eigenvalue weighted by Crippen LogP contribution is 2.36. The first-order chi connectivity index (χ1) is 15.0. The molecule has 2 heterocycles. The van der Waals surface area contributed by atoms with Gasteiger partial charge < -0.3 is 24.6 Å². The second kappa shape index (κ2) is 7.90. The van der Waals surface area contributed by atoms with E-state index < -0.39 is 0 Å². The van der Waals surface area contributed by atoms with Crippen molar-refractivity contribution in [3.05, 3.63) is 52.2 Å². The number of hydrogen-bond acceptors (Lipinski definition) is 7. The molecule has 1 saturated carbocycles. The van der Waals surface area contributed by atoms with Crippen molar-refractivity contribution in [2.24, 2.45) is 5.92 Å². The summed E-state index contributed by atoms with van der Waals surface area (Å²) in [4.78, 5) is 17.5. The quantitative estimate of drug-likeness (QED) is 0.581. The molecule has 7 heteroatoms. The predicted octanol–water partition coefficient (Wildman–Crippen LogP) is 3.10. The zero-order valence-electron chi connectivity index (χ0n) is 17.3. The summed E-state index contributed by atoms with van der Waals surface area (Å²) in [5.41, 5.74) is 0.950. The molecule has 5 rings (SSSR count). The van der Waals surface area contributed by atoms with E-state index in [2.05, 4.69) is 9.80 Å². The Labute approximate surface area is 179 Å². The van der Waals surface area contributed by atoms with Crippen LogP contribution in [0.2, 0.25) is 0 Å². The van der Waals surface area contributed by atoms with Gasteiger partial charge in [0.15, 0.2) is 11.0 Å². The van der Waals surface area contributed by atoms with Crippen molar-refractivity contribution in [1.82, 2.24) is 9.80 Å². The molecule has 0 atom stereocenters. The minimum atomic E-state index is -0.377. The second-order valence-electron chi connectivity index (χ2n) is 8.64. The van der Waals surface area contributed by atoms with E-state index in [9.17, 15) is 20.1 Å². The van der Waals surface area contributed by atoms with Crippen molar-refractivity contribution in [1.29, 1.82) is 0 Å². The molecular weight excluding hydrogens is 396 g/mol. The highest BCUT2D eigenvalue weighted by atomic mass is 16.3. The maximum Gasteiger partial charge on any atom is 0.197 e. The van der Waals surface area contributed by atoms with Crippen molar-refractivity contribution in [2.75, 3.05) is 32.7 Å². The van der Waals surface area contributed by atoms with Gasteiger partial charge in [-0.3, -0.25) is 9.69 Å². The summed E-state index contributed by atoms with van der Waals surface area (Å²) in [7, 11) is 0. The smallest absolute Gasteiger partial charge is 0.197 e. The molecule has 1 aliphatic heterocycles. The van der Waals surface area contributed by atoms with Crippen LogP contribution < -0.4 is 5.43 Å². The molecule has 1 aromatic heterocycles. The number of hydrogen-bond donors (Lipinski definition) is 3. The van der Waals surface area contributed by atoms with Gasteiger partial charge in [0.1, 0.15) is 28.4 Å². The summed E-state index contributed by atoms with van der Waals surface area (Å²) in [5.74, 6) is 0.916. The molecule has 1 saturated heterocycles. The summed E-state index contributed by atoms with van der Waals surface area (Å²) in [5, 5.41) is 30.5. The van der Waals surface area contributed by atoms with Gasteiger partial charge in [-0.25, -0.2) is 0 Å². The first-order valence-electron chi connectivity index (χ1n) is 10.7. The van der Waals surface area contributed by atoms with Gasteiger partial charge in [0, 0.05) is 57.0 Å². The van der Waals surface area contributed by atoms with Gasteiger partial charge in [0.2, 0.25) is 0 Å². The standard InChI is InChI=1S/C24H26N2O5/c27-17-5-3-16(4-6-17)22-12-21(30)23-20(29)11-19(28)18(24(23)31-22)14-26-9-7-25(8-10-26)13-15-1-2-15/h3-6,11-12,15,27-29H,1-2,7-10,13-14H2. The average Bonchev–Trinajstić information content (AvgIpc) is 3.56. The summed E-state index contributed by atoms with van der Waals surface area (Å²) >= 11 is 0. The van der Waals surface area contributed by atoms with Crippen molar-refractivity contribution in [2.45, 2.75) is 19.4 Å². The Hall–Kier alpha value is -3.03. The largest absolute Gasteiger partial charge is 0.508 e. The topological polar surface area (TPSA) is 97.4 Å². The molecule has 2 fully saturated rings. The number of phenolic OH excluding ortho intramolecular Hbond substituents is 3. The number of nitrogens with zero attached hydrogens (tertiary/aromatic N) is 2. The number of phenols is 3. The lowest BCUT2D eigenvalue weighted by atomic mass is 10.1. The van der Waals surface area contributed by atoms with Crippen LogP contribution in [0.3, 0.4) is 0 Å². The number of piperazine rings is 1. The van der Waals surface area contributed by atoms with Crippen LogP contribution in [0.5, 0.6) is 17.2 Å². The molecule has 0 radical (unpaired) electrons. The lowest BCUT2D eigenvalue weighted by molar-refractivity contribution is 0.123. The van der Waals surface area contributed by atoms with Crippen LogP contribution in [0.4, 0.5) is 0 Å². The van der Waals surface area contributed by atoms with Crippen LogP contribution in [-0.2, 0) is 6.54 Å². The minimum absolute atomic E-state index is 0.0719. The van der Waals surface area contributed by atoms with Crippen LogP contribution >= 0.6 is 0 Å². The first kappa shape index (κ1) is 19.9. The molecule has 162 valence electrons. The van der Waals surface area contributed by atoms with E-state index in [0.717, 1.165) is 32.1 Å². The molecule has 0 unspecified atom stereocenters. The number of fused-ring (bicyclic) bond motifs is 1. The van der Waals surface area contributed by atoms with E-state index in [1.807, 2.05) is 0 Å². The summed E-state index contributed by atoms with van der Waals surface area (Å²) in [6.45, 7) is 5.31. The van der Waals surface area contributed by atoms with Crippen molar-refractivity contribution < 1.29 is 19.7 Å². The third kappa shape index (κ3) is 4.11. The monoisotopic (exact) mass is 422 g/mol. The zero-order valence-corrected chi connectivity index (χ0v) is 17.3.